The van der Waals surface area contributed by atoms with Crippen LogP contribution in [0.15, 0.2) is 46.9 Å². The number of fused-ring (bicyclic) bond motifs is 1. The van der Waals surface area contributed by atoms with Gasteiger partial charge in [-0.2, -0.15) is 0 Å². The highest BCUT2D eigenvalue weighted by Crippen LogP contribution is 2.26. The van der Waals surface area contributed by atoms with Gasteiger partial charge in [-0.15, -0.1) is 0 Å². The lowest BCUT2D eigenvalue weighted by molar-refractivity contribution is -0.118. The van der Waals surface area contributed by atoms with Crippen LogP contribution < -0.4 is 10.6 Å². The zero-order valence-electron chi connectivity index (χ0n) is 11.2. The molecular formula is C16H14BrClN2O. The van der Waals surface area contributed by atoms with Crippen molar-refractivity contribution in [3.63, 3.8) is 0 Å². The molecule has 1 aliphatic rings. The molecule has 0 saturated heterocycles. The van der Waals surface area contributed by atoms with E-state index < -0.39 is 0 Å². The smallest absolute Gasteiger partial charge is 0.241 e. The van der Waals surface area contributed by atoms with Crippen LogP contribution in [0.5, 0.6) is 0 Å². The van der Waals surface area contributed by atoms with Gasteiger partial charge in [0.25, 0.3) is 0 Å². The molecule has 1 atom stereocenters. The second-order valence-electron chi connectivity index (χ2n) is 5.02. The summed E-state index contributed by atoms with van der Waals surface area (Å²) in [6.45, 7) is 0.721. The Hall–Kier alpha value is -1.36. The molecule has 0 bridgehead atoms. The van der Waals surface area contributed by atoms with Crippen LogP contribution in [0.2, 0.25) is 5.02 Å². The van der Waals surface area contributed by atoms with Gasteiger partial charge in [-0.1, -0.05) is 35.9 Å². The molecule has 2 aromatic rings. The topological polar surface area (TPSA) is 41.1 Å². The Bertz CT molecular complexity index is 690. The molecule has 0 radical (unpaired) electrons. The predicted molar refractivity (Wildman–Crippen MR) is 88.6 cm³/mol. The summed E-state index contributed by atoms with van der Waals surface area (Å²) in [5.74, 6) is -0.0290. The first kappa shape index (κ1) is 14.6. The summed E-state index contributed by atoms with van der Waals surface area (Å²) in [5.41, 5.74) is 3.22. The van der Waals surface area contributed by atoms with E-state index in [2.05, 4.69) is 38.7 Å². The fourth-order valence-electron chi connectivity index (χ4n) is 2.44. The van der Waals surface area contributed by atoms with Crippen LogP contribution in [0.1, 0.15) is 11.1 Å². The summed E-state index contributed by atoms with van der Waals surface area (Å²) in [6.07, 6.45) is 0.705. The number of rotatable bonds is 2. The Balaban J connectivity index is 1.70. The molecule has 1 amide bonds. The Morgan fingerprint density at radius 3 is 2.76 bits per heavy atom. The van der Waals surface area contributed by atoms with Gasteiger partial charge >= 0.3 is 0 Å². The van der Waals surface area contributed by atoms with Crippen molar-refractivity contribution in [2.24, 2.45) is 0 Å². The van der Waals surface area contributed by atoms with Crippen LogP contribution in [-0.4, -0.2) is 11.9 Å². The van der Waals surface area contributed by atoms with Gasteiger partial charge < -0.3 is 10.6 Å². The summed E-state index contributed by atoms with van der Waals surface area (Å²) in [6, 6.07) is 13.3. The molecular weight excluding hydrogens is 352 g/mol. The number of carbonyl (C=O) groups is 1. The normalized spacial score (nSPS) is 17.1. The molecule has 0 spiro atoms. The molecule has 21 heavy (non-hydrogen) atoms. The van der Waals surface area contributed by atoms with Gasteiger partial charge in [0, 0.05) is 16.7 Å². The Kier molecular flexibility index (Phi) is 4.29. The first-order valence-corrected chi connectivity index (χ1v) is 7.86. The van der Waals surface area contributed by atoms with Crippen molar-refractivity contribution >= 4 is 39.1 Å². The quantitative estimate of drug-likeness (QED) is 0.851. The second kappa shape index (κ2) is 6.18. The molecule has 2 aromatic carbocycles. The number of anilines is 1. The number of hydrogen-bond donors (Lipinski definition) is 2. The fraction of sp³-hybridized carbons (Fsp3) is 0.188. The molecule has 3 nitrogen and oxygen atoms in total. The van der Waals surface area contributed by atoms with E-state index in [0.29, 0.717) is 11.4 Å². The summed E-state index contributed by atoms with van der Waals surface area (Å²) >= 11 is 9.30. The van der Waals surface area contributed by atoms with Gasteiger partial charge in [0.1, 0.15) is 0 Å². The van der Waals surface area contributed by atoms with Gasteiger partial charge in [-0.05, 0) is 51.7 Å². The van der Waals surface area contributed by atoms with Crippen molar-refractivity contribution in [3.05, 3.63) is 63.1 Å². The molecule has 1 heterocycles. The van der Waals surface area contributed by atoms with Crippen LogP contribution in [0.4, 0.5) is 5.69 Å². The van der Waals surface area contributed by atoms with E-state index in [0.717, 1.165) is 16.7 Å². The minimum absolute atomic E-state index is 0.0290. The van der Waals surface area contributed by atoms with Crippen molar-refractivity contribution in [2.45, 2.75) is 19.0 Å². The molecule has 0 saturated carbocycles. The third-order valence-electron chi connectivity index (χ3n) is 3.58. The molecule has 0 unspecified atom stereocenters. The lowest BCUT2D eigenvalue weighted by Crippen LogP contribution is -2.44. The number of amides is 1. The summed E-state index contributed by atoms with van der Waals surface area (Å²) in [4.78, 5) is 12.4. The maximum absolute atomic E-state index is 12.4. The van der Waals surface area contributed by atoms with E-state index in [1.165, 1.54) is 11.1 Å². The highest BCUT2D eigenvalue weighted by molar-refractivity contribution is 9.10. The Morgan fingerprint density at radius 1 is 1.24 bits per heavy atom. The Morgan fingerprint density at radius 2 is 2.00 bits per heavy atom. The maximum Gasteiger partial charge on any atom is 0.241 e. The first-order chi connectivity index (χ1) is 10.1. The van der Waals surface area contributed by atoms with E-state index in [9.17, 15) is 4.79 Å². The number of carbonyl (C=O) groups excluding carboxylic acids is 1. The van der Waals surface area contributed by atoms with E-state index >= 15 is 0 Å². The highest BCUT2D eigenvalue weighted by Gasteiger charge is 2.23. The fourth-order valence-corrected chi connectivity index (χ4v) is 2.94. The molecule has 2 N–H and O–H groups in total. The predicted octanol–water partition coefficient (Wildman–Crippen LogP) is 3.76. The SMILES string of the molecule is O=C(Nc1ccc(Cl)c(Br)c1)[C@H]1Cc2ccccc2CN1. The lowest BCUT2D eigenvalue weighted by Gasteiger charge is -2.25. The van der Waals surface area contributed by atoms with Gasteiger partial charge in [0.2, 0.25) is 5.91 Å². The number of nitrogens with one attached hydrogen (secondary N) is 2. The number of hydrogen-bond acceptors (Lipinski definition) is 2. The zero-order valence-corrected chi connectivity index (χ0v) is 13.5. The average molecular weight is 366 g/mol. The number of benzene rings is 2. The van der Waals surface area contributed by atoms with E-state index in [-0.39, 0.29) is 11.9 Å². The van der Waals surface area contributed by atoms with E-state index in [1.807, 2.05) is 12.1 Å². The van der Waals surface area contributed by atoms with Gasteiger partial charge in [-0.25, -0.2) is 0 Å². The second-order valence-corrected chi connectivity index (χ2v) is 6.29. The van der Waals surface area contributed by atoms with E-state index in [4.69, 9.17) is 11.6 Å². The van der Waals surface area contributed by atoms with Crippen LogP contribution >= 0.6 is 27.5 Å². The monoisotopic (exact) mass is 364 g/mol. The van der Waals surface area contributed by atoms with E-state index in [1.54, 1.807) is 18.2 Å². The van der Waals surface area contributed by atoms with Gasteiger partial charge in [-0.3, -0.25) is 4.79 Å². The Labute approximate surface area is 136 Å². The average Bonchev–Trinajstić information content (AvgIpc) is 2.50. The van der Waals surface area contributed by atoms with Crippen molar-refractivity contribution < 1.29 is 4.79 Å². The third kappa shape index (κ3) is 3.28. The van der Waals surface area contributed by atoms with Crippen molar-refractivity contribution in [1.82, 2.24) is 5.32 Å². The largest absolute Gasteiger partial charge is 0.325 e. The zero-order chi connectivity index (χ0) is 14.8. The van der Waals surface area contributed by atoms with Crippen LogP contribution in [-0.2, 0) is 17.8 Å². The van der Waals surface area contributed by atoms with Crippen LogP contribution in [0, 0.1) is 0 Å². The molecule has 108 valence electrons. The molecule has 3 rings (SSSR count). The molecule has 0 aliphatic carbocycles. The van der Waals surface area contributed by atoms with Crippen molar-refractivity contribution in [3.8, 4) is 0 Å². The standard InChI is InChI=1S/C16H14BrClN2O/c17-13-8-12(5-6-14(13)18)20-16(21)15-7-10-3-1-2-4-11(10)9-19-15/h1-6,8,15,19H,7,9H2,(H,20,21)/t15-/m1/s1. The third-order valence-corrected chi connectivity index (χ3v) is 4.80. The highest BCUT2D eigenvalue weighted by atomic mass is 79.9. The van der Waals surface area contributed by atoms with Crippen molar-refractivity contribution in [2.75, 3.05) is 5.32 Å². The summed E-state index contributed by atoms with van der Waals surface area (Å²) in [7, 11) is 0. The molecule has 0 fully saturated rings. The summed E-state index contributed by atoms with van der Waals surface area (Å²) in [5, 5.41) is 6.81. The first-order valence-electron chi connectivity index (χ1n) is 6.69. The van der Waals surface area contributed by atoms with Crippen LogP contribution in [0.3, 0.4) is 0 Å². The minimum atomic E-state index is -0.214. The minimum Gasteiger partial charge on any atom is -0.325 e. The maximum atomic E-state index is 12.4. The van der Waals surface area contributed by atoms with Gasteiger partial charge in [0.15, 0.2) is 0 Å². The summed E-state index contributed by atoms with van der Waals surface area (Å²) < 4.78 is 0.768. The van der Waals surface area contributed by atoms with Crippen LogP contribution in [0.25, 0.3) is 0 Å². The lowest BCUT2D eigenvalue weighted by atomic mass is 9.95. The molecule has 0 aromatic heterocycles. The van der Waals surface area contributed by atoms with Crippen molar-refractivity contribution in [1.29, 1.82) is 0 Å². The van der Waals surface area contributed by atoms with Gasteiger partial charge in [0.05, 0.1) is 11.1 Å². The molecule has 1 aliphatic heterocycles. The number of halogens is 2. The molecule has 5 heteroatoms.